The second-order valence-electron chi connectivity index (χ2n) is 3.58. The molecule has 18 heavy (non-hydrogen) atoms. The Morgan fingerprint density at radius 2 is 1.94 bits per heavy atom. The number of rotatable bonds is 5. The lowest BCUT2D eigenvalue weighted by Gasteiger charge is -2.10. The molecule has 0 saturated carbocycles. The Morgan fingerprint density at radius 1 is 1.28 bits per heavy atom. The summed E-state index contributed by atoms with van der Waals surface area (Å²) in [5.74, 6) is -2.99. The van der Waals surface area contributed by atoms with Crippen LogP contribution >= 0.6 is 0 Å². The third-order valence-electron chi connectivity index (χ3n) is 2.11. The predicted molar refractivity (Wildman–Crippen MR) is 62.3 cm³/mol. The average molecular weight is 252 g/mol. The van der Waals surface area contributed by atoms with Crippen molar-refractivity contribution in [2.24, 2.45) is 5.73 Å². The van der Waals surface area contributed by atoms with Gasteiger partial charge >= 0.3 is 11.9 Å². The highest BCUT2D eigenvalue weighted by atomic mass is 16.4. The van der Waals surface area contributed by atoms with Crippen LogP contribution in [0.3, 0.4) is 0 Å². The van der Waals surface area contributed by atoms with Gasteiger partial charge in [-0.05, 0) is 18.2 Å². The Bertz CT molecular complexity index is 486. The van der Waals surface area contributed by atoms with Crippen LogP contribution in [-0.4, -0.2) is 34.1 Å². The van der Waals surface area contributed by atoms with Gasteiger partial charge in [0.2, 0.25) is 5.91 Å². The van der Waals surface area contributed by atoms with Crippen molar-refractivity contribution in [3.8, 4) is 0 Å². The number of carboxylic acids is 2. The normalized spacial score (nSPS) is 11.6. The fraction of sp³-hybridized carbons (Fsp3) is 0.182. The molecule has 0 aliphatic rings. The van der Waals surface area contributed by atoms with Crippen LogP contribution in [0.4, 0.5) is 5.69 Å². The molecule has 1 atom stereocenters. The molecule has 1 unspecified atom stereocenters. The lowest BCUT2D eigenvalue weighted by molar-refractivity contribution is -0.138. The van der Waals surface area contributed by atoms with Crippen LogP contribution in [0.15, 0.2) is 24.3 Å². The van der Waals surface area contributed by atoms with Gasteiger partial charge in [0, 0.05) is 5.69 Å². The minimum absolute atomic E-state index is 0.0135. The zero-order valence-corrected chi connectivity index (χ0v) is 9.29. The number of carboxylic acid groups (broad SMARTS) is 2. The van der Waals surface area contributed by atoms with Gasteiger partial charge in [-0.15, -0.1) is 0 Å². The number of carbonyl (C=O) groups excluding carboxylic acids is 1. The van der Waals surface area contributed by atoms with E-state index >= 15 is 0 Å². The molecule has 0 radical (unpaired) electrons. The number of amides is 1. The molecule has 1 rings (SSSR count). The first-order valence-corrected chi connectivity index (χ1v) is 5.01. The van der Waals surface area contributed by atoms with Gasteiger partial charge in [0.15, 0.2) is 0 Å². The highest BCUT2D eigenvalue weighted by molar-refractivity contribution is 5.97. The number of anilines is 1. The molecule has 7 heteroatoms. The van der Waals surface area contributed by atoms with E-state index < -0.39 is 30.3 Å². The number of benzene rings is 1. The third-order valence-corrected chi connectivity index (χ3v) is 2.11. The number of hydrogen-bond donors (Lipinski definition) is 4. The molecule has 0 aromatic heterocycles. The Hall–Kier alpha value is -2.41. The van der Waals surface area contributed by atoms with E-state index in [0.717, 1.165) is 0 Å². The summed E-state index contributed by atoms with van der Waals surface area (Å²) < 4.78 is 0. The van der Waals surface area contributed by atoms with Gasteiger partial charge in [0.05, 0.1) is 18.0 Å². The van der Waals surface area contributed by atoms with E-state index in [0.29, 0.717) is 0 Å². The van der Waals surface area contributed by atoms with Crippen molar-refractivity contribution in [2.75, 3.05) is 5.32 Å². The Kier molecular flexibility index (Phi) is 4.39. The van der Waals surface area contributed by atoms with Crippen molar-refractivity contribution in [1.29, 1.82) is 0 Å². The lowest BCUT2D eigenvalue weighted by atomic mass is 10.1. The molecular formula is C11H12N2O5. The summed E-state index contributed by atoms with van der Waals surface area (Å²) in [6.07, 6.45) is -0.496. The molecule has 0 heterocycles. The van der Waals surface area contributed by atoms with E-state index in [1.807, 2.05) is 0 Å². The average Bonchev–Trinajstić information content (AvgIpc) is 2.28. The first-order valence-electron chi connectivity index (χ1n) is 5.01. The molecule has 0 aliphatic carbocycles. The van der Waals surface area contributed by atoms with Gasteiger partial charge in [-0.2, -0.15) is 0 Å². The van der Waals surface area contributed by atoms with Crippen molar-refractivity contribution in [1.82, 2.24) is 0 Å². The second kappa shape index (κ2) is 5.78. The fourth-order valence-corrected chi connectivity index (χ4v) is 1.25. The maximum Gasteiger partial charge on any atom is 0.335 e. The van der Waals surface area contributed by atoms with Crippen molar-refractivity contribution >= 4 is 23.5 Å². The number of aliphatic carboxylic acids is 1. The standard InChI is InChI=1S/C11H12N2O5/c12-8(5-9(14)15)10(16)13-7-3-1-2-6(4-7)11(17)18/h1-4,8H,5,12H2,(H,13,16)(H,14,15)(H,17,18). The largest absolute Gasteiger partial charge is 0.481 e. The van der Waals surface area contributed by atoms with E-state index in [-0.39, 0.29) is 11.3 Å². The van der Waals surface area contributed by atoms with Gasteiger partial charge in [0.25, 0.3) is 0 Å². The van der Waals surface area contributed by atoms with E-state index in [4.69, 9.17) is 15.9 Å². The monoisotopic (exact) mass is 252 g/mol. The second-order valence-corrected chi connectivity index (χ2v) is 3.58. The van der Waals surface area contributed by atoms with Crippen LogP contribution in [-0.2, 0) is 9.59 Å². The lowest BCUT2D eigenvalue weighted by Crippen LogP contribution is -2.37. The molecule has 1 amide bonds. The molecule has 0 bridgehead atoms. The van der Waals surface area contributed by atoms with Gasteiger partial charge in [-0.1, -0.05) is 6.07 Å². The summed E-state index contributed by atoms with van der Waals surface area (Å²) in [5, 5.41) is 19.6. The molecule has 0 spiro atoms. The first kappa shape index (κ1) is 13.7. The van der Waals surface area contributed by atoms with Gasteiger partial charge < -0.3 is 21.3 Å². The molecule has 0 saturated heterocycles. The molecule has 0 fully saturated rings. The molecule has 7 nitrogen and oxygen atoms in total. The minimum atomic E-state index is -1.18. The van der Waals surface area contributed by atoms with Crippen LogP contribution in [0, 0.1) is 0 Å². The maximum absolute atomic E-state index is 11.5. The summed E-state index contributed by atoms with van der Waals surface area (Å²) >= 11 is 0. The topological polar surface area (TPSA) is 130 Å². The smallest absolute Gasteiger partial charge is 0.335 e. The maximum atomic E-state index is 11.5. The Balaban J connectivity index is 2.72. The molecule has 0 aliphatic heterocycles. The summed E-state index contributed by atoms with van der Waals surface area (Å²) in [6, 6.07) is 4.39. The Morgan fingerprint density at radius 3 is 2.50 bits per heavy atom. The number of carbonyl (C=O) groups is 3. The molecular weight excluding hydrogens is 240 g/mol. The van der Waals surface area contributed by atoms with Gasteiger partial charge in [-0.25, -0.2) is 4.79 Å². The van der Waals surface area contributed by atoms with E-state index in [1.54, 1.807) is 0 Å². The minimum Gasteiger partial charge on any atom is -0.481 e. The zero-order valence-electron chi connectivity index (χ0n) is 9.29. The van der Waals surface area contributed by atoms with Crippen molar-refractivity contribution in [2.45, 2.75) is 12.5 Å². The van der Waals surface area contributed by atoms with Crippen molar-refractivity contribution in [3.63, 3.8) is 0 Å². The number of aromatic carboxylic acids is 1. The highest BCUT2D eigenvalue weighted by Gasteiger charge is 2.17. The SMILES string of the molecule is NC(CC(=O)O)C(=O)Nc1cccc(C(=O)O)c1. The van der Waals surface area contributed by atoms with Crippen molar-refractivity contribution < 1.29 is 24.6 Å². The van der Waals surface area contributed by atoms with Gasteiger partial charge in [0.1, 0.15) is 0 Å². The number of nitrogens with two attached hydrogens (primary N) is 1. The summed E-state index contributed by atoms with van der Waals surface area (Å²) in [6.45, 7) is 0. The Labute approximate surface area is 102 Å². The number of nitrogens with one attached hydrogen (secondary N) is 1. The first-order chi connectivity index (χ1) is 8.40. The van der Waals surface area contributed by atoms with Crippen LogP contribution in [0.25, 0.3) is 0 Å². The van der Waals surface area contributed by atoms with E-state index in [2.05, 4.69) is 5.32 Å². The van der Waals surface area contributed by atoms with Gasteiger partial charge in [-0.3, -0.25) is 9.59 Å². The summed E-state index contributed by atoms with van der Waals surface area (Å²) in [5.41, 5.74) is 5.62. The van der Waals surface area contributed by atoms with E-state index in [9.17, 15) is 14.4 Å². The third kappa shape index (κ3) is 3.87. The zero-order chi connectivity index (χ0) is 13.7. The number of hydrogen-bond acceptors (Lipinski definition) is 4. The molecule has 1 aromatic carbocycles. The van der Waals surface area contributed by atoms with E-state index in [1.165, 1.54) is 24.3 Å². The van der Waals surface area contributed by atoms with Crippen LogP contribution in [0.2, 0.25) is 0 Å². The summed E-state index contributed by atoms with van der Waals surface area (Å²) in [4.78, 5) is 32.6. The fourth-order valence-electron chi connectivity index (χ4n) is 1.25. The quantitative estimate of drug-likeness (QED) is 0.589. The molecule has 96 valence electrons. The van der Waals surface area contributed by atoms with Crippen molar-refractivity contribution in [3.05, 3.63) is 29.8 Å². The summed E-state index contributed by atoms with van der Waals surface area (Å²) in [7, 11) is 0. The highest BCUT2D eigenvalue weighted by Crippen LogP contribution is 2.11. The molecule has 1 aromatic rings. The predicted octanol–water partition coefficient (Wildman–Crippen LogP) is 0.125. The van der Waals surface area contributed by atoms with Crippen LogP contribution < -0.4 is 11.1 Å². The van der Waals surface area contributed by atoms with Crippen LogP contribution in [0.5, 0.6) is 0 Å². The molecule has 5 N–H and O–H groups in total. The van der Waals surface area contributed by atoms with Crippen LogP contribution in [0.1, 0.15) is 16.8 Å².